The number of nitrogen functional groups attached to an aromatic ring is 1. The standard InChI is InChI=1S/C12H14F3N3O/c13-12(14,15)8-1-2-10(9(16)7-8)18-5-3-11(19)17-4-6-18/h1-2,7H,3-6,16H2,(H,17,19). The molecule has 1 heterocycles. The summed E-state index contributed by atoms with van der Waals surface area (Å²) in [4.78, 5) is 13.0. The summed E-state index contributed by atoms with van der Waals surface area (Å²) in [7, 11) is 0. The van der Waals surface area contributed by atoms with Crippen LogP contribution in [-0.2, 0) is 11.0 Å². The first-order chi connectivity index (χ1) is 8.88. The molecule has 1 aliphatic rings. The molecule has 0 unspecified atom stereocenters. The highest BCUT2D eigenvalue weighted by molar-refractivity contribution is 5.78. The van der Waals surface area contributed by atoms with Gasteiger partial charge in [0.25, 0.3) is 0 Å². The molecule has 0 bridgehead atoms. The zero-order valence-electron chi connectivity index (χ0n) is 10.1. The Hall–Kier alpha value is -1.92. The Kier molecular flexibility index (Phi) is 3.55. The predicted octanol–water partition coefficient (Wildman–Crippen LogP) is 1.61. The average molecular weight is 273 g/mol. The lowest BCUT2D eigenvalue weighted by Crippen LogP contribution is -2.29. The molecule has 1 aliphatic heterocycles. The number of hydrogen-bond donors (Lipinski definition) is 2. The lowest BCUT2D eigenvalue weighted by atomic mass is 10.1. The van der Waals surface area contributed by atoms with Crippen molar-refractivity contribution < 1.29 is 18.0 Å². The molecule has 2 rings (SSSR count). The van der Waals surface area contributed by atoms with Crippen molar-refractivity contribution in [1.29, 1.82) is 0 Å². The van der Waals surface area contributed by atoms with Gasteiger partial charge in [-0.05, 0) is 18.2 Å². The van der Waals surface area contributed by atoms with E-state index in [2.05, 4.69) is 5.32 Å². The van der Waals surface area contributed by atoms with Crippen molar-refractivity contribution in [3.8, 4) is 0 Å². The highest BCUT2D eigenvalue weighted by Crippen LogP contribution is 2.34. The Bertz CT molecular complexity index is 488. The van der Waals surface area contributed by atoms with Gasteiger partial charge in [0.15, 0.2) is 0 Å². The highest BCUT2D eigenvalue weighted by atomic mass is 19.4. The summed E-state index contributed by atoms with van der Waals surface area (Å²) < 4.78 is 37.6. The summed E-state index contributed by atoms with van der Waals surface area (Å²) in [5.41, 5.74) is 5.53. The van der Waals surface area contributed by atoms with Crippen LogP contribution in [0.1, 0.15) is 12.0 Å². The number of nitrogens with one attached hydrogen (secondary N) is 1. The minimum atomic E-state index is -4.40. The van der Waals surface area contributed by atoms with E-state index in [1.807, 2.05) is 4.90 Å². The van der Waals surface area contributed by atoms with Crippen LogP contribution >= 0.6 is 0 Å². The van der Waals surface area contributed by atoms with Crippen molar-refractivity contribution in [1.82, 2.24) is 5.32 Å². The first-order valence-electron chi connectivity index (χ1n) is 5.86. The Balaban J connectivity index is 2.23. The normalized spacial score (nSPS) is 17.0. The van der Waals surface area contributed by atoms with Gasteiger partial charge in [-0.2, -0.15) is 13.2 Å². The van der Waals surface area contributed by atoms with Crippen molar-refractivity contribution in [3.05, 3.63) is 23.8 Å². The van der Waals surface area contributed by atoms with E-state index in [4.69, 9.17) is 5.73 Å². The molecule has 104 valence electrons. The molecule has 1 fully saturated rings. The van der Waals surface area contributed by atoms with Gasteiger partial charge in [0.1, 0.15) is 0 Å². The van der Waals surface area contributed by atoms with Gasteiger partial charge in [0.05, 0.1) is 16.9 Å². The van der Waals surface area contributed by atoms with Crippen molar-refractivity contribution in [2.24, 2.45) is 0 Å². The molecule has 0 radical (unpaired) electrons. The van der Waals surface area contributed by atoms with Crippen LogP contribution in [0.4, 0.5) is 24.5 Å². The van der Waals surface area contributed by atoms with E-state index in [1.165, 1.54) is 6.07 Å². The van der Waals surface area contributed by atoms with Crippen molar-refractivity contribution in [2.75, 3.05) is 30.3 Å². The van der Waals surface area contributed by atoms with Crippen LogP contribution in [-0.4, -0.2) is 25.5 Å². The van der Waals surface area contributed by atoms with Crippen LogP contribution in [0.15, 0.2) is 18.2 Å². The fourth-order valence-corrected chi connectivity index (χ4v) is 2.03. The molecule has 0 aliphatic carbocycles. The number of hydrogen-bond acceptors (Lipinski definition) is 3. The van der Waals surface area contributed by atoms with Gasteiger partial charge >= 0.3 is 6.18 Å². The molecule has 0 saturated carbocycles. The lowest BCUT2D eigenvalue weighted by molar-refractivity contribution is -0.137. The average Bonchev–Trinajstić information content (AvgIpc) is 2.53. The van der Waals surface area contributed by atoms with Crippen LogP contribution in [0.5, 0.6) is 0 Å². The first-order valence-corrected chi connectivity index (χ1v) is 5.86. The number of alkyl halides is 3. The van der Waals surface area contributed by atoms with Gasteiger partial charge in [-0.15, -0.1) is 0 Å². The van der Waals surface area contributed by atoms with Gasteiger partial charge in [-0.3, -0.25) is 4.79 Å². The van der Waals surface area contributed by atoms with Crippen LogP contribution < -0.4 is 16.0 Å². The molecule has 19 heavy (non-hydrogen) atoms. The molecule has 1 saturated heterocycles. The van der Waals surface area contributed by atoms with E-state index in [0.29, 0.717) is 31.7 Å². The van der Waals surface area contributed by atoms with Gasteiger partial charge < -0.3 is 16.0 Å². The predicted molar refractivity (Wildman–Crippen MR) is 65.7 cm³/mol. The number of carbonyl (C=O) groups is 1. The Labute approximate surface area is 108 Å². The lowest BCUT2D eigenvalue weighted by Gasteiger charge is -2.24. The molecule has 3 N–H and O–H groups in total. The molecule has 0 spiro atoms. The smallest absolute Gasteiger partial charge is 0.397 e. The number of halogens is 3. The molecule has 1 aromatic rings. The van der Waals surface area contributed by atoms with Crippen molar-refractivity contribution >= 4 is 17.3 Å². The number of nitrogens with zero attached hydrogens (tertiary/aromatic N) is 1. The Morgan fingerprint density at radius 1 is 1.26 bits per heavy atom. The number of carbonyl (C=O) groups excluding carboxylic acids is 1. The first kappa shape index (κ1) is 13.5. The van der Waals surface area contributed by atoms with Crippen LogP contribution in [0.2, 0.25) is 0 Å². The van der Waals surface area contributed by atoms with Crippen LogP contribution in [0.25, 0.3) is 0 Å². The highest BCUT2D eigenvalue weighted by Gasteiger charge is 2.31. The maximum absolute atomic E-state index is 12.5. The van der Waals surface area contributed by atoms with E-state index in [1.54, 1.807) is 0 Å². The van der Waals surface area contributed by atoms with E-state index in [0.717, 1.165) is 12.1 Å². The number of benzene rings is 1. The molecule has 7 heteroatoms. The summed E-state index contributed by atoms with van der Waals surface area (Å²) in [6, 6.07) is 3.29. The van der Waals surface area contributed by atoms with Gasteiger partial charge in [-0.1, -0.05) is 0 Å². The number of amides is 1. The quantitative estimate of drug-likeness (QED) is 0.764. The second-order valence-electron chi connectivity index (χ2n) is 4.36. The third-order valence-electron chi connectivity index (χ3n) is 3.01. The fourth-order valence-electron chi connectivity index (χ4n) is 2.03. The number of anilines is 2. The van der Waals surface area contributed by atoms with E-state index < -0.39 is 11.7 Å². The Morgan fingerprint density at radius 3 is 2.63 bits per heavy atom. The van der Waals surface area contributed by atoms with Crippen molar-refractivity contribution in [2.45, 2.75) is 12.6 Å². The minimum absolute atomic E-state index is 0.0621. The summed E-state index contributed by atoms with van der Waals surface area (Å²) in [5.74, 6) is -0.0621. The molecular formula is C12H14F3N3O. The SMILES string of the molecule is Nc1cc(C(F)(F)F)ccc1N1CCNC(=O)CC1. The topological polar surface area (TPSA) is 58.4 Å². The fraction of sp³-hybridized carbons (Fsp3) is 0.417. The summed E-state index contributed by atoms with van der Waals surface area (Å²) in [6.07, 6.45) is -4.09. The molecule has 0 aromatic heterocycles. The van der Waals surface area contributed by atoms with Crippen LogP contribution in [0, 0.1) is 0 Å². The molecule has 4 nitrogen and oxygen atoms in total. The molecular weight excluding hydrogens is 259 g/mol. The molecule has 0 atom stereocenters. The summed E-state index contributed by atoms with van der Waals surface area (Å²) in [6.45, 7) is 1.43. The zero-order valence-corrected chi connectivity index (χ0v) is 10.1. The Morgan fingerprint density at radius 2 is 2.00 bits per heavy atom. The second kappa shape index (κ2) is 4.99. The maximum Gasteiger partial charge on any atom is 0.416 e. The summed E-state index contributed by atoms with van der Waals surface area (Å²) >= 11 is 0. The maximum atomic E-state index is 12.5. The monoisotopic (exact) mass is 273 g/mol. The largest absolute Gasteiger partial charge is 0.416 e. The van der Waals surface area contributed by atoms with E-state index in [-0.39, 0.29) is 11.6 Å². The minimum Gasteiger partial charge on any atom is -0.397 e. The van der Waals surface area contributed by atoms with Crippen LogP contribution in [0.3, 0.4) is 0 Å². The zero-order chi connectivity index (χ0) is 14.0. The molecule has 1 amide bonds. The number of rotatable bonds is 1. The second-order valence-corrected chi connectivity index (χ2v) is 4.36. The summed E-state index contributed by atoms with van der Waals surface area (Å²) in [5, 5.41) is 2.70. The number of nitrogens with two attached hydrogens (primary N) is 1. The van der Waals surface area contributed by atoms with E-state index >= 15 is 0 Å². The molecule has 1 aromatic carbocycles. The van der Waals surface area contributed by atoms with Gasteiger partial charge in [0.2, 0.25) is 5.91 Å². The van der Waals surface area contributed by atoms with Crippen molar-refractivity contribution in [3.63, 3.8) is 0 Å². The van der Waals surface area contributed by atoms with Gasteiger partial charge in [0, 0.05) is 26.1 Å². The third kappa shape index (κ3) is 3.10. The third-order valence-corrected chi connectivity index (χ3v) is 3.01. The van der Waals surface area contributed by atoms with E-state index in [9.17, 15) is 18.0 Å². The van der Waals surface area contributed by atoms with Gasteiger partial charge in [-0.25, -0.2) is 0 Å².